The molecule has 0 bridgehead atoms. The number of nitrogens with two attached hydrogens (primary N) is 1. The molecule has 0 radical (unpaired) electrons. The first kappa shape index (κ1) is 41.2. The number of hydrogen-bond donors (Lipinski definition) is 6. The molecule has 0 amide bonds. The summed E-state index contributed by atoms with van der Waals surface area (Å²) in [5.74, 6) is -4.90. The van der Waals surface area contributed by atoms with Gasteiger partial charge in [-0.3, -0.25) is 5.41 Å². The molecule has 0 saturated carbocycles. The van der Waals surface area contributed by atoms with Gasteiger partial charge in [0.2, 0.25) is 0 Å². The van der Waals surface area contributed by atoms with Crippen LogP contribution in [0.5, 0.6) is 17.2 Å². The number of nitrogen functional groups attached to an aromatic ring is 1. The smallest absolute Gasteiger partial charge is 0.490 e. The fraction of sp³-hybridized carbons (Fsp3) is 0.250. The molecule has 276 valence electrons. The zero-order valence-corrected chi connectivity index (χ0v) is 26.9. The van der Waals surface area contributed by atoms with Gasteiger partial charge >= 0.3 is 24.3 Å². The first-order valence-electron chi connectivity index (χ1n) is 14.4. The molecule has 7 N–H and O–H groups in total. The average Bonchev–Trinajstić information content (AvgIpc) is 3.50. The van der Waals surface area contributed by atoms with E-state index in [0.29, 0.717) is 40.7 Å². The molecule has 0 saturated heterocycles. The molecule has 0 spiro atoms. The average molecular weight is 732 g/mol. The van der Waals surface area contributed by atoms with E-state index in [1.54, 1.807) is 65.7 Å². The zero-order valence-electron chi connectivity index (χ0n) is 26.9. The third-order valence-corrected chi connectivity index (χ3v) is 6.06. The third kappa shape index (κ3) is 12.4. The summed E-state index contributed by atoms with van der Waals surface area (Å²) in [6, 6.07) is 17.1. The number of rotatable bonds is 10. The number of aliphatic carboxylic acids is 2. The maximum atomic E-state index is 15.9. The van der Waals surface area contributed by atoms with Gasteiger partial charge in [0.05, 0.1) is 36.8 Å². The summed E-state index contributed by atoms with van der Waals surface area (Å²) >= 11 is 0. The Morgan fingerprint density at radius 1 is 0.980 bits per heavy atom. The standard InChI is InChI=1S/C28H30FN5O3.2C2HF3O2/c1-4-36-20-13-23(27(29)25(14-20)37-17(2)3)34(19-11-9-18(10-12-19)28(30)31)16-26-32-15-22(33-26)21-7-5-6-8-24(21)35;2*3-2(4,5)1(6)7/h5-15,17,35H,4,16H2,1-3H3,(H3,30,31)(H,32,33);2*(H,6,7). The first-order valence-corrected chi connectivity index (χ1v) is 14.4. The topological polar surface area (TPSA) is 195 Å². The quantitative estimate of drug-likeness (QED) is 0.0562. The number of phenolic OH excluding ortho intramolecular Hbond substituents is 1. The highest BCUT2D eigenvalue weighted by Gasteiger charge is 2.39. The normalized spacial score (nSPS) is 11.0. The van der Waals surface area contributed by atoms with Gasteiger partial charge in [-0.2, -0.15) is 26.3 Å². The van der Waals surface area contributed by atoms with Gasteiger partial charge < -0.3 is 40.4 Å². The fourth-order valence-corrected chi connectivity index (χ4v) is 3.91. The molecule has 0 unspecified atom stereocenters. The number of halogens is 7. The molecule has 19 heteroatoms. The van der Waals surface area contributed by atoms with Crippen molar-refractivity contribution in [3.63, 3.8) is 0 Å². The number of benzene rings is 3. The molecule has 1 aromatic heterocycles. The molecule has 0 fully saturated rings. The van der Waals surface area contributed by atoms with Gasteiger partial charge in [-0.15, -0.1) is 0 Å². The Kier molecular flexibility index (Phi) is 14.2. The van der Waals surface area contributed by atoms with Crippen LogP contribution >= 0.6 is 0 Å². The number of phenols is 1. The second kappa shape index (κ2) is 17.6. The largest absolute Gasteiger partial charge is 0.507 e. The van der Waals surface area contributed by atoms with E-state index in [4.69, 9.17) is 40.4 Å². The van der Waals surface area contributed by atoms with Gasteiger partial charge in [-0.05, 0) is 57.2 Å². The number of carboxylic acids is 2. The Morgan fingerprint density at radius 3 is 2.00 bits per heavy atom. The summed E-state index contributed by atoms with van der Waals surface area (Å²) in [5.41, 5.74) is 8.30. The number of carboxylic acid groups (broad SMARTS) is 2. The van der Waals surface area contributed by atoms with E-state index in [1.165, 1.54) is 0 Å². The number of carbonyl (C=O) groups is 2. The first-order chi connectivity index (χ1) is 23.6. The lowest BCUT2D eigenvalue weighted by Crippen LogP contribution is -2.21. The van der Waals surface area contributed by atoms with Gasteiger partial charge in [-0.25, -0.2) is 19.0 Å². The van der Waals surface area contributed by atoms with Crippen molar-refractivity contribution in [2.45, 2.75) is 45.8 Å². The SMILES string of the molecule is CCOc1cc(OC(C)C)c(F)c(N(Cc2ncc(-c3ccccc3O)[nH]2)c2ccc(C(=N)N)cc2)c1.O=C(O)C(F)(F)F.O=C(O)C(F)(F)F. The number of nitrogens with zero attached hydrogens (tertiary/aromatic N) is 2. The maximum Gasteiger partial charge on any atom is 0.490 e. The van der Waals surface area contributed by atoms with Crippen LogP contribution in [-0.2, 0) is 16.1 Å². The van der Waals surface area contributed by atoms with Crippen LogP contribution in [0.1, 0.15) is 32.2 Å². The molecule has 0 atom stereocenters. The highest BCUT2D eigenvalue weighted by atomic mass is 19.4. The van der Waals surface area contributed by atoms with Crippen molar-refractivity contribution in [3.05, 3.63) is 84.1 Å². The summed E-state index contributed by atoms with van der Waals surface area (Å²) in [6.07, 6.45) is -8.78. The number of anilines is 2. The van der Waals surface area contributed by atoms with E-state index in [9.17, 15) is 31.4 Å². The molecule has 12 nitrogen and oxygen atoms in total. The summed E-state index contributed by atoms with van der Waals surface area (Å²) in [7, 11) is 0. The van der Waals surface area contributed by atoms with Crippen LogP contribution in [0.25, 0.3) is 11.3 Å². The number of aromatic nitrogens is 2. The Labute approximate surface area is 285 Å². The number of H-pyrrole nitrogens is 1. The minimum Gasteiger partial charge on any atom is -0.507 e. The van der Waals surface area contributed by atoms with E-state index in [1.807, 2.05) is 26.8 Å². The van der Waals surface area contributed by atoms with Gasteiger partial charge in [0.25, 0.3) is 0 Å². The lowest BCUT2D eigenvalue weighted by Gasteiger charge is -2.26. The van der Waals surface area contributed by atoms with Gasteiger partial charge in [0.1, 0.15) is 23.2 Å². The van der Waals surface area contributed by atoms with E-state index >= 15 is 4.39 Å². The number of alkyl halides is 6. The highest BCUT2D eigenvalue weighted by Crippen LogP contribution is 2.38. The predicted octanol–water partition coefficient (Wildman–Crippen LogP) is 7.00. The molecule has 51 heavy (non-hydrogen) atoms. The van der Waals surface area contributed by atoms with Crippen molar-refractivity contribution < 1.29 is 65.1 Å². The monoisotopic (exact) mass is 731 g/mol. The highest BCUT2D eigenvalue weighted by molar-refractivity contribution is 5.95. The van der Waals surface area contributed by atoms with Crippen molar-refractivity contribution in [3.8, 4) is 28.5 Å². The van der Waals surface area contributed by atoms with Crippen LogP contribution in [0.15, 0.2) is 66.9 Å². The molecule has 0 aliphatic heterocycles. The number of hydrogen-bond acceptors (Lipinski definition) is 8. The fourth-order valence-electron chi connectivity index (χ4n) is 3.91. The molecular weight excluding hydrogens is 699 g/mol. The molecule has 0 aliphatic rings. The Morgan fingerprint density at radius 2 is 1.53 bits per heavy atom. The number of amidine groups is 1. The summed E-state index contributed by atoms with van der Waals surface area (Å²) in [5, 5.41) is 32.2. The second-order valence-electron chi connectivity index (χ2n) is 10.3. The molecule has 0 aliphatic carbocycles. The zero-order chi connectivity index (χ0) is 38.7. The molecule has 4 rings (SSSR count). The van der Waals surface area contributed by atoms with Crippen molar-refractivity contribution in [1.82, 2.24) is 9.97 Å². The second-order valence-corrected chi connectivity index (χ2v) is 10.3. The van der Waals surface area contributed by atoms with E-state index < -0.39 is 30.1 Å². The van der Waals surface area contributed by atoms with Crippen LogP contribution in [-0.4, -0.2) is 68.1 Å². The summed E-state index contributed by atoms with van der Waals surface area (Å²) in [4.78, 5) is 27.2. The lowest BCUT2D eigenvalue weighted by atomic mass is 10.1. The predicted molar refractivity (Wildman–Crippen MR) is 170 cm³/mol. The number of imidazole rings is 1. The van der Waals surface area contributed by atoms with Crippen molar-refractivity contribution >= 4 is 29.1 Å². The maximum absolute atomic E-state index is 15.9. The van der Waals surface area contributed by atoms with Crippen molar-refractivity contribution in [2.75, 3.05) is 11.5 Å². The number of ether oxygens (including phenoxy) is 2. The van der Waals surface area contributed by atoms with Gasteiger partial charge in [0.15, 0.2) is 11.6 Å². The van der Waals surface area contributed by atoms with Crippen LogP contribution in [0.3, 0.4) is 0 Å². The lowest BCUT2D eigenvalue weighted by molar-refractivity contribution is -0.193. The Hall–Kier alpha value is -6.01. The molecule has 1 heterocycles. The molecule has 3 aromatic carbocycles. The van der Waals surface area contributed by atoms with Crippen LogP contribution in [0, 0.1) is 11.2 Å². The van der Waals surface area contributed by atoms with Gasteiger partial charge in [-0.1, -0.05) is 12.1 Å². The summed E-state index contributed by atoms with van der Waals surface area (Å²) in [6.45, 7) is 6.08. The van der Waals surface area contributed by atoms with E-state index in [2.05, 4.69) is 9.97 Å². The van der Waals surface area contributed by atoms with Crippen molar-refractivity contribution in [2.24, 2.45) is 5.73 Å². The number of nitrogens with one attached hydrogen (secondary N) is 2. The number of aromatic amines is 1. The number of aromatic hydroxyl groups is 1. The van der Waals surface area contributed by atoms with E-state index in [0.717, 1.165) is 0 Å². The Bertz CT molecular complexity index is 1770. The molecular formula is C32H32F7N5O7. The summed E-state index contributed by atoms with van der Waals surface area (Å²) < 4.78 is 90.8. The van der Waals surface area contributed by atoms with Crippen LogP contribution in [0.2, 0.25) is 0 Å². The van der Waals surface area contributed by atoms with E-state index in [-0.39, 0.29) is 35.7 Å². The minimum atomic E-state index is -5.08. The van der Waals surface area contributed by atoms with Crippen LogP contribution < -0.4 is 20.1 Å². The minimum absolute atomic E-state index is 0.0615. The molecule has 4 aromatic rings. The number of para-hydroxylation sites is 1. The van der Waals surface area contributed by atoms with Gasteiger partial charge in [0, 0.05) is 28.9 Å². The van der Waals surface area contributed by atoms with Crippen molar-refractivity contribution in [1.29, 1.82) is 5.41 Å². The van der Waals surface area contributed by atoms with Crippen LogP contribution in [0.4, 0.5) is 42.1 Å². The Balaban J connectivity index is 0.000000543. The third-order valence-electron chi connectivity index (χ3n) is 6.06.